The SMILES string of the molecule is CC1(C)COC(=O)[C@H]1OC(=O)Oc1c2n(c(-c3cc(F)c(F)c4c3Cc3ccccc3SC4)cc1=O)N[C@@H]1COCC[N+]1=C2O. The van der Waals surface area contributed by atoms with Gasteiger partial charge in [-0.05, 0) is 29.7 Å². The Labute approximate surface area is 259 Å². The first kappa shape index (κ1) is 29.3. The zero-order valence-electron chi connectivity index (χ0n) is 24.2. The number of morpholine rings is 1. The van der Waals surface area contributed by atoms with Crippen molar-refractivity contribution in [1.29, 1.82) is 0 Å². The summed E-state index contributed by atoms with van der Waals surface area (Å²) in [4.78, 5) is 39.8. The highest BCUT2D eigenvalue weighted by atomic mass is 32.2. The molecule has 0 saturated carbocycles. The zero-order chi connectivity index (χ0) is 31.6. The summed E-state index contributed by atoms with van der Waals surface area (Å²) >= 11 is 1.39. The Hall–Kier alpha value is -4.43. The molecule has 4 aliphatic heterocycles. The molecule has 45 heavy (non-hydrogen) atoms. The van der Waals surface area contributed by atoms with Gasteiger partial charge in [-0.1, -0.05) is 32.0 Å². The van der Waals surface area contributed by atoms with Crippen LogP contribution >= 0.6 is 11.8 Å². The summed E-state index contributed by atoms with van der Waals surface area (Å²) in [7, 11) is 0. The second kappa shape index (κ2) is 10.9. The maximum atomic E-state index is 15.3. The Bertz CT molecular complexity index is 1870. The molecule has 2 atom stereocenters. The van der Waals surface area contributed by atoms with E-state index in [1.54, 1.807) is 13.8 Å². The van der Waals surface area contributed by atoms with Crippen molar-refractivity contribution in [3.63, 3.8) is 0 Å². The number of aliphatic hydroxyl groups is 1. The number of cyclic esters (lactones) is 1. The van der Waals surface area contributed by atoms with Gasteiger partial charge in [0.1, 0.15) is 19.8 Å². The van der Waals surface area contributed by atoms with Gasteiger partial charge in [-0.15, -0.1) is 11.8 Å². The normalized spacial score (nSPS) is 21.4. The number of hydrogen-bond donors (Lipinski definition) is 2. The highest BCUT2D eigenvalue weighted by Gasteiger charge is 2.48. The summed E-state index contributed by atoms with van der Waals surface area (Å²) in [5.74, 6) is -3.66. The molecule has 11 nitrogen and oxygen atoms in total. The molecule has 234 valence electrons. The maximum absolute atomic E-state index is 15.3. The number of thioether (sulfide) groups is 1. The number of carbonyl (C=O) groups is 2. The lowest BCUT2D eigenvalue weighted by Crippen LogP contribution is -2.54. The van der Waals surface area contributed by atoms with Crippen LogP contribution in [0, 0.1) is 17.0 Å². The first-order valence-corrected chi connectivity index (χ1v) is 15.2. The van der Waals surface area contributed by atoms with E-state index in [1.165, 1.54) is 21.0 Å². The van der Waals surface area contributed by atoms with Crippen LogP contribution in [0.25, 0.3) is 11.3 Å². The van der Waals surface area contributed by atoms with E-state index in [1.807, 2.05) is 24.3 Å². The summed E-state index contributed by atoms with van der Waals surface area (Å²) in [5, 5.41) is 11.5. The first-order chi connectivity index (χ1) is 21.5. The molecular weight excluding hydrogens is 612 g/mol. The molecule has 3 aromatic rings. The fourth-order valence-corrected chi connectivity index (χ4v) is 7.14. The van der Waals surface area contributed by atoms with Gasteiger partial charge in [-0.2, -0.15) is 4.58 Å². The average Bonchev–Trinajstić information content (AvgIpc) is 3.16. The van der Waals surface area contributed by atoms with Crippen LogP contribution in [0.4, 0.5) is 13.6 Å². The van der Waals surface area contributed by atoms with Gasteiger partial charge >= 0.3 is 18.0 Å². The molecule has 0 unspecified atom stereocenters. The molecular formula is C31H28F2N3O8S+. The van der Waals surface area contributed by atoms with E-state index in [0.29, 0.717) is 5.56 Å². The quantitative estimate of drug-likeness (QED) is 0.323. The topological polar surface area (TPSA) is 128 Å². The molecule has 7 rings (SSSR count). The number of halogens is 2. The van der Waals surface area contributed by atoms with E-state index in [-0.39, 0.29) is 61.1 Å². The Balaban J connectivity index is 1.39. The Morgan fingerprint density at radius 1 is 1.20 bits per heavy atom. The van der Waals surface area contributed by atoms with Crippen molar-refractivity contribution in [3.05, 3.63) is 80.6 Å². The standard InChI is InChI=1S/C31H27F2N3O8S/c1-31(2)14-42-29(39)27(31)44-30(40)43-26-21(37)11-20(36-25(26)28(38)35-7-8-41-12-23(35)34-36)17-10-19(32)24(33)18-13-45-22-6-4-3-5-15(22)9-16(17)18/h3-6,10-11,23,27,34H,7-9,12-14H2,1-2H3/p+1/t23-,27+/m0/s1. The number of nitrogens with zero attached hydrogens (tertiary/aromatic N) is 2. The minimum Gasteiger partial charge on any atom is -0.462 e. The zero-order valence-corrected chi connectivity index (χ0v) is 25.0. The summed E-state index contributed by atoms with van der Waals surface area (Å²) in [6, 6.07) is 9.70. The summed E-state index contributed by atoms with van der Waals surface area (Å²) in [6.45, 7) is 4.02. The van der Waals surface area contributed by atoms with Crippen molar-refractivity contribution in [3.8, 4) is 17.0 Å². The highest BCUT2D eigenvalue weighted by Crippen LogP contribution is 2.41. The van der Waals surface area contributed by atoms with Crippen LogP contribution in [0.15, 0.2) is 46.1 Å². The predicted octanol–water partition coefficient (Wildman–Crippen LogP) is 3.69. The lowest BCUT2D eigenvalue weighted by atomic mass is 9.90. The molecule has 4 aliphatic rings. The Morgan fingerprint density at radius 3 is 2.78 bits per heavy atom. The van der Waals surface area contributed by atoms with Crippen LogP contribution in [0.2, 0.25) is 0 Å². The van der Waals surface area contributed by atoms with E-state index < -0.39 is 58.5 Å². The second-order valence-electron chi connectivity index (χ2n) is 11.8. The molecule has 1 aromatic heterocycles. The average molecular weight is 641 g/mol. The van der Waals surface area contributed by atoms with E-state index >= 15 is 8.78 Å². The molecule has 0 radical (unpaired) electrons. The summed E-state index contributed by atoms with van der Waals surface area (Å²) in [5.41, 5.74) is 3.12. The van der Waals surface area contributed by atoms with Gasteiger partial charge < -0.3 is 24.1 Å². The predicted molar refractivity (Wildman–Crippen MR) is 156 cm³/mol. The molecule has 0 aliphatic carbocycles. The maximum Gasteiger partial charge on any atom is 0.514 e. The molecule has 2 saturated heterocycles. The van der Waals surface area contributed by atoms with Crippen molar-refractivity contribution < 1.29 is 47.0 Å². The summed E-state index contributed by atoms with van der Waals surface area (Å²) < 4.78 is 54.7. The van der Waals surface area contributed by atoms with Crippen LogP contribution < -0.4 is 15.6 Å². The third kappa shape index (κ3) is 4.92. The van der Waals surface area contributed by atoms with Gasteiger partial charge in [0.2, 0.25) is 23.0 Å². The van der Waals surface area contributed by atoms with Crippen molar-refractivity contribution in [2.45, 2.75) is 43.2 Å². The molecule has 2 N–H and O–H groups in total. The molecule has 5 heterocycles. The van der Waals surface area contributed by atoms with Crippen LogP contribution in [0.3, 0.4) is 0 Å². The number of benzene rings is 2. The highest BCUT2D eigenvalue weighted by molar-refractivity contribution is 7.98. The molecule has 0 amide bonds. The Kier molecular flexibility index (Phi) is 7.08. The Morgan fingerprint density at radius 2 is 2.00 bits per heavy atom. The largest absolute Gasteiger partial charge is 0.514 e. The smallest absolute Gasteiger partial charge is 0.462 e. The van der Waals surface area contributed by atoms with E-state index in [4.69, 9.17) is 18.9 Å². The number of carbonyl (C=O) groups excluding carboxylic acids is 2. The van der Waals surface area contributed by atoms with Gasteiger partial charge in [0, 0.05) is 33.3 Å². The molecule has 0 bridgehead atoms. The number of nitrogens with one attached hydrogen (secondary N) is 1. The van der Waals surface area contributed by atoms with Gasteiger partial charge in [-0.25, -0.2) is 23.0 Å². The number of ether oxygens (including phenoxy) is 4. The number of rotatable bonds is 3. The minimum absolute atomic E-state index is 0.0228. The van der Waals surface area contributed by atoms with Gasteiger partial charge in [0.15, 0.2) is 18.2 Å². The lowest BCUT2D eigenvalue weighted by molar-refractivity contribution is -0.591. The van der Waals surface area contributed by atoms with Crippen molar-refractivity contribution >= 4 is 29.8 Å². The van der Waals surface area contributed by atoms with Crippen molar-refractivity contribution in [2.75, 3.05) is 31.8 Å². The monoisotopic (exact) mass is 640 g/mol. The van der Waals surface area contributed by atoms with Crippen LogP contribution in [-0.4, -0.2) is 71.0 Å². The van der Waals surface area contributed by atoms with Crippen molar-refractivity contribution in [1.82, 2.24) is 4.68 Å². The van der Waals surface area contributed by atoms with E-state index in [9.17, 15) is 19.5 Å². The number of aliphatic hydroxyl groups excluding tert-OH is 1. The fraction of sp³-hybridized carbons (Fsp3) is 0.355. The third-order valence-electron chi connectivity index (χ3n) is 8.39. The number of fused-ring (bicyclic) bond motifs is 4. The molecule has 2 fully saturated rings. The second-order valence-corrected chi connectivity index (χ2v) is 12.9. The number of pyridine rings is 1. The lowest BCUT2D eigenvalue weighted by Gasteiger charge is -2.31. The fourth-order valence-electron chi connectivity index (χ4n) is 6.04. The van der Waals surface area contributed by atoms with Crippen LogP contribution in [0.1, 0.15) is 36.2 Å². The van der Waals surface area contributed by atoms with Gasteiger partial charge in [0.25, 0.3) is 6.17 Å². The van der Waals surface area contributed by atoms with Crippen LogP contribution in [0.5, 0.6) is 5.75 Å². The van der Waals surface area contributed by atoms with Crippen LogP contribution in [-0.2, 0) is 31.2 Å². The molecule has 2 aromatic carbocycles. The van der Waals surface area contributed by atoms with E-state index in [2.05, 4.69) is 5.43 Å². The number of hydrogen-bond acceptors (Lipinski definition) is 9. The summed E-state index contributed by atoms with van der Waals surface area (Å²) in [6.07, 6.45) is -2.99. The number of aromatic nitrogens is 1. The minimum atomic E-state index is -1.35. The van der Waals surface area contributed by atoms with Gasteiger partial charge in [0.05, 0.1) is 5.69 Å². The molecule has 0 spiro atoms. The molecule has 14 heteroatoms. The van der Waals surface area contributed by atoms with E-state index in [0.717, 1.165) is 22.6 Å². The number of esters is 1. The first-order valence-electron chi connectivity index (χ1n) is 14.3. The third-order valence-corrected chi connectivity index (χ3v) is 9.54. The van der Waals surface area contributed by atoms with Crippen molar-refractivity contribution in [2.24, 2.45) is 5.41 Å². The van der Waals surface area contributed by atoms with Gasteiger partial charge in [-0.3, -0.25) is 10.2 Å².